The Labute approximate surface area is 204 Å². The van der Waals surface area contributed by atoms with Crippen molar-refractivity contribution in [3.8, 4) is 0 Å². The van der Waals surface area contributed by atoms with Gasteiger partial charge in [0.25, 0.3) is 0 Å². The monoisotopic (exact) mass is 502 g/mol. The average Bonchev–Trinajstić information content (AvgIpc) is 3.09. The number of halogens is 3. The fourth-order valence-corrected chi connectivity index (χ4v) is 9.16. The van der Waals surface area contributed by atoms with Gasteiger partial charge >= 0.3 is 12.1 Å². The van der Waals surface area contributed by atoms with Crippen LogP contribution in [-0.4, -0.2) is 46.3 Å². The molecule has 7 atom stereocenters. The van der Waals surface area contributed by atoms with Crippen molar-refractivity contribution in [1.82, 2.24) is 5.32 Å². The summed E-state index contributed by atoms with van der Waals surface area (Å²) in [6, 6.07) is 0. The molecule has 192 valence electrons. The number of hydrogen-bond acceptors (Lipinski definition) is 5. The average molecular weight is 503 g/mol. The van der Waals surface area contributed by atoms with Crippen LogP contribution in [0.2, 0.25) is 0 Å². The number of thioether (sulfide) groups is 1. The summed E-state index contributed by atoms with van der Waals surface area (Å²) in [6.07, 6.45) is 4.10. The third-order valence-corrected chi connectivity index (χ3v) is 11.2. The largest absolute Gasteiger partial charge is 0.471 e. The lowest BCUT2D eigenvalue weighted by Crippen LogP contribution is -2.56. The summed E-state index contributed by atoms with van der Waals surface area (Å²) in [7, 11) is 0. The predicted octanol–water partition coefficient (Wildman–Crippen LogP) is 5.60. The fourth-order valence-electron chi connectivity index (χ4n) is 7.84. The van der Waals surface area contributed by atoms with Crippen LogP contribution in [0.25, 0.3) is 0 Å². The number of Topliss-reactive ketones (excluding diaryl/α,β-unsaturated/α-hetero) is 1. The molecule has 4 saturated carbocycles. The van der Waals surface area contributed by atoms with Crippen LogP contribution in [0.3, 0.4) is 0 Å². The number of nitrogens with zero attached hydrogens (tertiary/aromatic N) is 1. The molecule has 4 rings (SSSR count). The normalized spacial score (nSPS) is 41.0. The molecule has 0 bridgehead atoms. The summed E-state index contributed by atoms with van der Waals surface area (Å²) in [5.74, 6) is 1.03. The SMILES string of the molecule is C[C@]12CCC(SCCCCNC(=O)C(F)(F)F)C[C@@H]1/C(=N\O)C[C@@H]1[C@@H]2CC[C@]2(C)C(=O)CC[C@@H]12. The summed E-state index contributed by atoms with van der Waals surface area (Å²) < 4.78 is 36.7. The third-order valence-electron chi connectivity index (χ3n) is 9.74. The number of amides is 1. The molecule has 0 aromatic carbocycles. The standard InChI is InChI=1S/C25H37F3N2O3S/c1-23-9-7-15(34-12-4-3-11-29-22(32)25(26,27)28)13-19(23)20(30-33)14-16-17-5-6-21(31)24(17,2)10-8-18(16)23/h15-19,33H,3-14H2,1-2H3,(H,29,32)/b30-20-/t15?,16-,17-,18-,19+,23+,24-/m0/s1. The van der Waals surface area contributed by atoms with E-state index in [1.807, 2.05) is 17.1 Å². The van der Waals surface area contributed by atoms with Gasteiger partial charge in [-0.15, -0.1) is 0 Å². The van der Waals surface area contributed by atoms with Crippen molar-refractivity contribution in [3.05, 3.63) is 0 Å². The van der Waals surface area contributed by atoms with Crippen LogP contribution in [0, 0.1) is 34.5 Å². The van der Waals surface area contributed by atoms with Gasteiger partial charge in [0.1, 0.15) is 5.78 Å². The molecule has 0 aromatic rings. The maximum atomic E-state index is 12.7. The maximum absolute atomic E-state index is 12.7. The van der Waals surface area contributed by atoms with Crippen LogP contribution in [0.15, 0.2) is 5.16 Å². The number of carbonyl (C=O) groups is 2. The minimum Gasteiger partial charge on any atom is -0.411 e. The van der Waals surface area contributed by atoms with Crippen molar-refractivity contribution >= 4 is 29.2 Å². The van der Waals surface area contributed by atoms with E-state index in [1.165, 1.54) is 0 Å². The van der Waals surface area contributed by atoms with Crippen molar-refractivity contribution in [1.29, 1.82) is 0 Å². The number of oxime groups is 1. The quantitative estimate of drug-likeness (QED) is 0.282. The molecule has 4 aliphatic rings. The number of unbranched alkanes of at least 4 members (excludes halogenated alkanes) is 1. The first-order valence-electron chi connectivity index (χ1n) is 12.7. The molecule has 1 unspecified atom stereocenters. The number of rotatable bonds is 6. The Kier molecular flexibility index (Phi) is 7.34. The van der Waals surface area contributed by atoms with Crippen LogP contribution >= 0.6 is 11.8 Å². The number of carbonyl (C=O) groups excluding carboxylic acids is 2. The molecule has 4 aliphatic carbocycles. The molecule has 0 saturated heterocycles. The Balaban J connectivity index is 1.31. The summed E-state index contributed by atoms with van der Waals surface area (Å²) in [6.45, 7) is 4.58. The van der Waals surface area contributed by atoms with Crippen molar-refractivity contribution in [2.24, 2.45) is 39.7 Å². The second-order valence-corrected chi connectivity index (χ2v) is 12.8. The highest BCUT2D eigenvalue weighted by molar-refractivity contribution is 7.99. The molecule has 2 N–H and O–H groups in total. The Bertz CT molecular complexity index is 835. The van der Waals surface area contributed by atoms with Crippen molar-refractivity contribution in [2.75, 3.05) is 12.3 Å². The van der Waals surface area contributed by atoms with Crippen molar-refractivity contribution in [3.63, 3.8) is 0 Å². The Morgan fingerprint density at radius 2 is 1.94 bits per heavy atom. The van der Waals surface area contributed by atoms with Crippen LogP contribution < -0.4 is 5.32 Å². The highest BCUT2D eigenvalue weighted by Gasteiger charge is 2.61. The van der Waals surface area contributed by atoms with Gasteiger partial charge in [0, 0.05) is 29.5 Å². The van der Waals surface area contributed by atoms with Crippen molar-refractivity contribution in [2.45, 2.75) is 89.5 Å². The molecule has 0 spiro atoms. The van der Waals surface area contributed by atoms with Gasteiger partial charge in [0.05, 0.1) is 5.71 Å². The van der Waals surface area contributed by atoms with E-state index in [4.69, 9.17) is 0 Å². The van der Waals surface area contributed by atoms with Crippen LogP contribution in [0.4, 0.5) is 13.2 Å². The predicted molar refractivity (Wildman–Crippen MR) is 126 cm³/mol. The molecule has 1 amide bonds. The van der Waals surface area contributed by atoms with E-state index in [1.54, 1.807) is 0 Å². The molecule has 5 nitrogen and oxygen atoms in total. The first-order chi connectivity index (χ1) is 16.0. The lowest BCUT2D eigenvalue weighted by Gasteiger charge is -2.60. The first-order valence-corrected chi connectivity index (χ1v) is 13.8. The maximum Gasteiger partial charge on any atom is 0.471 e. The molecule has 0 aromatic heterocycles. The number of alkyl halides is 3. The van der Waals surface area contributed by atoms with Gasteiger partial charge in [-0.3, -0.25) is 9.59 Å². The minimum absolute atomic E-state index is 0.0389. The topological polar surface area (TPSA) is 78.8 Å². The van der Waals surface area contributed by atoms with Gasteiger partial charge in [-0.2, -0.15) is 24.9 Å². The highest BCUT2D eigenvalue weighted by atomic mass is 32.2. The van der Waals surface area contributed by atoms with Crippen LogP contribution in [0.5, 0.6) is 0 Å². The zero-order chi connectivity index (χ0) is 24.7. The molecule has 34 heavy (non-hydrogen) atoms. The second kappa shape index (κ2) is 9.66. The molecule has 4 fully saturated rings. The van der Waals surface area contributed by atoms with Gasteiger partial charge in [0.2, 0.25) is 0 Å². The number of fused-ring (bicyclic) bond motifs is 5. The van der Waals surface area contributed by atoms with Gasteiger partial charge in [-0.1, -0.05) is 19.0 Å². The van der Waals surface area contributed by atoms with Crippen LogP contribution in [0.1, 0.15) is 78.1 Å². The second-order valence-electron chi connectivity index (χ2n) is 11.4. The molecule has 9 heteroatoms. The van der Waals surface area contributed by atoms with Crippen LogP contribution in [-0.2, 0) is 9.59 Å². The molecular formula is C25H37F3N2O3S. The van der Waals surface area contributed by atoms with E-state index < -0.39 is 12.1 Å². The summed E-state index contributed by atoms with van der Waals surface area (Å²) >= 11 is 1.86. The lowest BCUT2D eigenvalue weighted by molar-refractivity contribution is -0.173. The summed E-state index contributed by atoms with van der Waals surface area (Å²) in [5.41, 5.74) is 0.806. The molecule has 0 radical (unpaired) electrons. The molecule has 0 heterocycles. The zero-order valence-corrected chi connectivity index (χ0v) is 20.9. The number of hydrogen-bond donors (Lipinski definition) is 2. The highest BCUT2D eigenvalue weighted by Crippen LogP contribution is 2.65. The van der Waals surface area contributed by atoms with E-state index in [-0.39, 0.29) is 23.3 Å². The van der Waals surface area contributed by atoms with Gasteiger partial charge in [-0.05, 0) is 86.7 Å². The van der Waals surface area contributed by atoms with Crippen molar-refractivity contribution < 1.29 is 28.0 Å². The van der Waals surface area contributed by atoms with Gasteiger partial charge in [-0.25, -0.2) is 0 Å². The first kappa shape index (κ1) is 25.8. The zero-order valence-electron chi connectivity index (χ0n) is 20.1. The minimum atomic E-state index is -4.82. The van der Waals surface area contributed by atoms with E-state index in [0.717, 1.165) is 62.8 Å². The lowest BCUT2D eigenvalue weighted by atomic mass is 9.45. The Morgan fingerprint density at radius 3 is 2.65 bits per heavy atom. The van der Waals surface area contributed by atoms with E-state index in [2.05, 4.69) is 19.0 Å². The fraction of sp³-hybridized carbons (Fsp3) is 0.880. The summed E-state index contributed by atoms with van der Waals surface area (Å²) in [4.78, 5) is 23.5. The van der Waals surface area contributed by atoms with E-state index >= 15 is 0 Å². The molecular weight excluding hydrogens is 465 g/mol. The van der Waals surface area contributed by atoms with Gasteiger partial charge < -0.3 is 10.5 Å². The van der Waals surface area contributed by atoms with E-state index in [9.17, 15) is 28.0 Å². The summed E-state index contributed by atoms with van der Waals surface area (Å²) in [5, 5.41) is 16.1. The third kappa shape index (κ3) is 4.62. The Morgan fingerprint density at radius 1 is 1.18 bits per heavy atom. The van der Waals surface area contributed by atoms with Gasteiger partial charge in [0.15, 0.2) is 0 Å². The van der Waals surface area contributed by atoms with E-state index in [0.29, 0.717) is 41.6 Å². The number of ketones is 1. The Hall–Kier alpha value is -1.25. The molecule has 0 aliphatic heterocycles. The number of nitrogens with one attached hydrogen (secondary N) is 1. The smallest absolute Gasteiger partial charge is 0.411 e.